The van der Waals surface area contributed by atoms with Crippen LogP contribution in [-0.4, -0.2) is 29.2 Å². The lowest BCUT2D eigenvalue weighted by atomic mass is 10.2. The fourth-order valence-corrected chi connectivity index (χ4v) is 3.39. The second-order valence-corrected chi connectivity index (χ2v) is 6.99. The van der Waals surface area contributed by atoms with E-state index in [1.165, 1.54) is 0 Å². The third-order valence-corrected chi connectivity index (χ3v) is 4.79. The molecule has 0 bridgehead atoms. The van der Waals surface area contributed by atoms with E-state index in [4.69, 9.17) is 9.68 Å². The summed E-state index contributed by atoms with van der Waals surface area (Å²) in [6.45, 7) is 3.58. The first-order chi connectivity index (χ1) is 13.2. The number of hydrogen-bond donors (Lipinski definition) is 2. The lowest BCUT2D eigenvalue weighted by Gasteiger charge is -2.16. The predicted molar refractivity (Wildman–Crippen MR) is 102 cm³/mol. The molecule has 1 amide bonds. The van der Waals surface area contributed by atoms with Crippen LogP contribution in [0.3, 0.4) is 0 Å². The molecule has 0 fully saturated rings. The summed E-state index contributed by atoms with van der Waals surface area (Å²) < 4.78 is 5.73. The molecule has 0 saturated carbocycles. The summed E-state index contributed by atoms with van der Waals surface area (Å²) in [5, 5.41) is 22.1. The van der Waals surface area contributed by atoms with Crippen LogP contribution in [0.2, 0.25) is 0 Å². The van der Waals surface area contributed by atoms with Crippen molar-refractivity contribution >= 4 is 22.9 Å². The number of thiophene rings is 1. The third kappa shape index (κ3) is 5.00. The molecule has 0 saturated heterocycles. The summed E-state index contributed by atoms with van der Waals surface area (Å²) in [6.07, 6.45) is 0.920. The number of nitrogens with one attached hydrogen (secondary N) is 2. The van der Waals surface area contributed by atoms with Crippen LogP contribution in [0, 0.1) is 11.3 Å². The largest absolute Gasteiger partial charge is 0.414 e. The summed E-state index contributed by atoms with van der Waals surface area (Å²) in [5.74, 6) is 0.856. The molecule has 2 N–H and O–H groups in total. The third-order valence-electron chi connectivity index (χ3n) is 3.94. The van der Waals surface area contributed by atoms with Crippen molar-refractivity contribution in [3.63, 3.8) is 0 Å². The molecular weight excluding hydrogens is 362 g/mol. The highest BCUT2D eigenvalue weighted by Gasteiger charge is 2.19. The highest BCUT2D eigenvalue weighted by Crippen LogP contribution is 2.22. The first-order valence-corrected chi connectivity index (χ1v) is 9.56. The minimum atomic E-state index is -0.154. The maximum Gasteiger partial charge on any atom is 0.279 e. The number of carbonyl (C=O) groups is 1. The van der Waals surface area contributed by atoms with Crippen LogP contribution in [0.4, 0.5) is 5.69 Å². The van der Waals surface area contributed by atoms with E-state index in [-0.39, 0.29) is 12.5 Å². The molecule has 8 heteroatoms. The Hall–Kier alpha value is -3.02. The van der Waals surface area contributed by atoms with Gasteiger partial charge in [-0.3, -0.25) is 4.79 Å². The van der Waals surface area contributed by atoms with Gasteiger partial charge in [-0.2, -0.15) is 5.26 Å². The van der Waals surface area contributed by atoms with Crippen LogP contribution in [0.25, 0.3) is 10.8 Å². The van der Waals surface area contributed by atoms with Crippen molar-refractivity contribution in [2.45, 2.75) is 19.9 Å². The molecule has 1 aromatic carbocycles. The van der Waals surface area contributed by atoms with E-state index in [2.05, 4.69) is 28.5 Å². The number of anilines is 1. The number of aromatic nitrogens is 2. The minimum Gasteiger partial charge on any atom is -0.414 e. The standard InChI is InChI=1S/C19H19N5O2S/c1-2-9-24(12-17(25)21-15-7-4-3-6-14(15)11-20)13-18-22-23-19(26-18)16-8-5-10-27-16/h3-8,10H,2,9,12-13H2,1H3,(H,21,25)/p+1. The predicted octanol–water partition coefficient (Wildman–Crippen LogP) is 2.10. The van der Waals surface area contributed by atoms with Crippen LogP contribution >= 0.6 is 11.3 Å². The van der Waals surface area contributed by atoms with Gasteiger partial charge in [0.05, 0.1) is 22.7 Å². The average molecular weight is 382 g/mol. The molecule has 2 heterocycles. The van der Waals surface area contributed by atoms with Gasteiger partial charge in [-0.15, -0.1) is 21.5 Å². The van der Waals surface area contributed by atoms with E-state index in [9.17, 15) is 4.79 Å². The molecule has 1 unspecified atom stereocenters. The SMILES string of the molecule is CCC[NH+](CC(=O)Nc1ccccc1C#N)Cc1nnc(-c2cccs2)o1. The first kappa shape index (κ1) is 18.8. The molecule has 1 atom stereocenters. The van der Waals surface area contributed by atoms with Crippen molar-refractivity contribution in [3.8, 4) is 16.8 Å². The molecular formula is C19H20N5O2S+. The number of hydrogen-bond acceptors (Lipinski definition) is 6. The Bertz CT molecular complexity index is 930. The summed E-state index contributed by atoms with van der Waals surface area (Å²) in [4.78, 5) is 14.4. The average Bonchev–Trinajstić information content (AvgIpc) is 3.34. The molecule has 138 valence electrons. The van der Waals surface area contributed by atoms with Gasteiger partial charge in [-0.1, -0.05) is 25.1 Å². The number of quaternary nitrogens is 1. The van der Waals surface area contributed by atoms with Crippen molar-refractivity contribution < 1.29 is 14.1 Å². The van der Waals surface area contributed by atoms with Gasteiger partial charge >= 0.3 is 0 Å². The molecule has 27 heavy (non-hydrogen) atoms. The smallest absolute Gasteiger partial charge is 0.279 e. The number of carbonyl (C=O) groups excluding carboxylic acids is 1. The van der Waals surface area contributed by atoms with Crippen LogP contribution in [0.15, 0.2) is 46.2 Å². The Morgan fingerprint density at radius 1 is 1.30 bits per heavy atom. The van der Waals surface area contributed by atoms with Gasteiger partial charge in [0.1, 0.15) is 6.07 Å². The van der Waals surface area contributed by atoms with E-state index >= 15 is 0 Å². The summed E-state index contributed by atoms with van der Waals surface area (Å²) >= 11 is 1.54. The van der Waals surface area contributed by atoms with Gasteiger partial charge < -0.3 is 14.6 Å². The fraction of sp³-hybridized carbons (Fsp3) is 0.263. The quantitative estimate of drug-likeness (QED) is 0.622. The second-order valence-electron chi connectivity index (χ2n) is 6.04. The van der Waals surface area contributed by atoms with Crippen LogP contribution < -0.4 is 10.2 Å². The number of nitrogens with zero attached hydrogens (tertiary/aromatic N) is 3. The van der Waals surface area contributed by atoms with E-state index < -0.39 is 0 Å². The summed E-state index contributed by atoms with van der Waals surface area (Å²) in [7, 11) is 0. The van der Waals surface area contributed by atoms with E-state index in [0.717, 1.165) is 22.7 Å². The maximum absolute atomic E-state index is 12.4. The topological polar surface area (TPSA) is 96.2 Å². The van der Waals surface area contributed by atoms with Gasteiger partial charge in [0.15, 0.2) is 13.1 Å². The first-order valence-electron chi connectivity index (χ1n) is 8.68. The summed E-state index contributed by atoms with van der Waals surface area (Å²) in [5.41, 5.74) is 0.971. The molecule has 0 radical (unpaired) electrons. The Balaban J connectivity index is 1.63. The van der Waals surface area contributed by atoms with Crippen molar-refractivity contribution in [2.24, 2.45) is 0 Å². The Morgan fingerprint density at radius 3 is 2.89 bits per heavy atom. The van der Waals surface area contributed by atoms with Gasteiger partial charge in [0.2, 0.25) is 0 Å². The number of para-hydroxylation sites is 1. The van der Waals surface area contributed by atoms with E-state index in [0.29, 0.717) is 29.6 Å². The van der Waals surface area contributed by atoms with Crippen LogP contribution in [0.5, 0.6) is 0 Å². The summed E-state index contributed by atoms with van der Waals surface area (Å²) in [6, 6.07) is 12.9. The monoisotopic (exact) mass is 382 g/mol. The molecule has 3 aromatic rings. The molecule has 0 aliphatic heterocycles. The fourth-order valence-electron chi connectivity index (χ4n) is 2.74. The number of nitriles is 1. The minimum absolute atomic E-state index is 0.154. The van der Waals surface area contributed by atoms with Gasteiger partial charge in [-0.25, -0.2) is 0 Å². The number of amides is 1. The van der Waals surface area contributed by atoms with E-state index in [1.807, 2.05) is 17.5 Å². The zero-order chi connectivity index (χ0) is 19.1. The Kier molecular flexibility index (Phi) is 6.30. The van der Waals surface area contributed by atoms with Gasteiger partial charge in [0, 0.05) is 0 Å². The highest BCUT2D eigenvalue weighted by molar-refractivity contribution is 7.13. The van der Waals surface area contributed by atoms with Gasteiger partial charge in [0.25, 0.3) is 17.7 Å². The molecule has 0 aliphatic rings. The molecule has 3 rings (SSSR count). The Labute approximate surface area is 161 Å². The molecule has 7 nitrogen and oxygen atoms in total. The van der Waals surface area contributed by atoms with Crippen molar-refractivity contribution in [3.05, 3.63) is 53.2 Å². The highest BCUT2D eigenvalue weighted by atomic mass is 32.1. The van der Waals surface area contributed by atoms with Crippen LogP contribution in [0.1, 0.15) is 24.8 Å². The molecule has 2 aromatic heterocycles. The van der Waals surface area contributed by atoms with Crippen molar-refractivity contribution in [1.82, 2.24) is 10.2 Å². The van der Waals surface area contributed by atoms with Crippen molar-refractivity contribution in [2.75, 3.05) is 18.4 Å². The zero-order valence-corrected chi connectivity index (χ0v) is 15.8. The normalized spacial score (nSPS) is 11.7. The zero-order valence-electron chi connectivity index (χ0n) is 14.9. The molecule has 0 spiro atoms. The van der Waals surface area contributed by atoms with E-state index in [1.54, 1.807) is 35.6 Å². The van der Waals surface area contributed by atoms with Gasteiger partial charge in [-0.05, 0) is 30.0 Å². The Morgan fingerprint density at radius 2 is 2.15 bits per heavy atom. The molecule has 0 aliphatic carbocycles. The lowest BCUT2D eigenvalue weighted by molar-refractivity contribution is -0.907. The lowest BCUT2D eigenvalue weighted by Crippen LogP contribution is -3.11. The maximum atomic E-state index is 12.4. The number of rotatable bonds is 8. The van der Waals surface area contributed by atoms with Crippen molar-refractivity contribution in [1.29, 1.82) is 5.26 Å². The number of benzene rings is 1. The second kappa shape index (κ2) is 9.07. The van der Waals surface area contributed by atoms with Crippen LogP contribution in [-0.2, 0) is 11.3 Å².